The van der Waals surface area contributed by atoms with E-state index < -0.39 is 47.2 Å². The molecular formula is C30H35F5N4O5S. The summed E-state index contributed by atoms with van der Waals surface area (Å²) in [6.45, 7) is -1.61. The summed E-state index contributed by atoms with van der Waals surface area (Å²) in [5.41, 5.74) is 0.895. The van der Waals surface area contributed by atoms with Gasteiger partial charge in [0, 0.05) is 43.6 Å². The number of sulfone groups is 1. The van der Waals surface area contributed by atoms with E-state index in [0.717, 1.165) is 10.8 Å². The number of hydrogen-bond donors (Lipinski definition) is 3. The number of benzene rings is 2. The number of hydrogen-bond acceptors (Lipinski definition) is 8. The molecule has 1 aliphatic heterocycles. The van der Waals surface area contributed by atoms with Gasteiger partial charge in [0.05, 0.1) is 60.7 Å². The molecule has 0 spiro atoms. The molecule has 4 rings (SSSR count). The molecule has 246 valence electrons. The lowest BCUT2D eigenvalue weighted by molar-refractivity contribution is -0.140. The Hall–Kier alpha value is -3.58. The zero-order valence-corrected chi connectivity index (χ0v) is 25.7. The molecule has 2 unspecified atom stereocenters. The average Bonchev–Trinajstić information content (AvgIpc) is 3.28. The van der Waals surface area contributed by atoms with Gasteiger partial charge in [-0.3, -0.25) is 4.90 Å². The van der Waals surface area contributed by atoms with Crippen molar-refractivity contribution in [2.24, 2.45) is 0 Å². The maximum atomic E-state index is 15.2. The summed E-state index contributed by atoms with van der Waals surface area (Å²) in [5.74, 6) is 2.59. The summed E-state index contributed by atoms with van der Waals surface area (Å²) in [7, 11) is -0.692. The molecule has 1 fully saturated rings. The van der Waals surface area contributed by atoms with Crippen molar-refractivity contribution >= 4 is 32.1 Å². The fourth-order valence-corrected chi connectivity index (χ4v) is 5.90. The number of rotatable bonds is 11. The molecule has 9 nitrogen and oxygen atoms in total. The summed E-state index contributed by atoms with van der Waals surface area (Å²) in [5, 5.41) is 16.1. The van der Waals surface area contributed by atoms with Crippen molar-refractivity contribution in [2.45, 2.75) is 42.1 Å². The number of ether oxygens (including phenoxy) is 2. The van der Waals surface area contributed by atoms with Crippen molar-refractivity contribution in [1.82, 2.24) is 9.47 Å². The normalized spacial score (nSPS) is 17.8. The van der Waals surface area contributed by atoms with Gasteiger partial charge in [0.25, 0.3) is 5.92 Å². The number of anilines is 2. The second-order valence-electron chi connectivity index (χ2n) is 10.8. The molecule has 0 amide bonds. The summed E-state index contributed by atoms with van der Waals surface area (Å²) in [4.78, 5) is 1.51. The number of aliphatic hydroxyl groups is 1. The second-order valence-corrected chi connectivity index (χ2v) is 12.9. The van der Waals surface area contributed by atoms with Crippen LogP contribution in [0, 0.1) is 11.8 Å². The molecule has 1 saturated heterocycles. The fraction of sp³-hybridized carbons (Fsp3) is 0.467. The van der Waals surface area contributed by atoms with Gasteiger partial charge in [-0.25, -0.2) is 17.2 Å². The van der Waals surface area contributed by atoms with Gasteiger partial charge in [-0.2, -0.15) is 13.2 Å². The van der Waals surface area contributed by atoms with Gasteiger partial charge in [-0.15, -0.1) is 0 Å². The Labute approximate surface area is 258 Å². The molecule has 15 heteroatoms. The van der Waals surface area contributed by atoms with Crippen molar-refractivity contribution in [2.75, 3.05) is 63.9 Å². The topological polar surface area (TPSA) is 105 Å². The van der Waals surface area contributed by atoms with E-state index in [4.69, 9.17) is 9.47 Å². The van der Waals surface area contributed by atoms with E-state index >= 15 is 8.78 Å². The second kappa shape index (κ2) is 13.8. The van der Waals surface area contributed by atoms with E-state index in [0.29, 0.717) is 11.1 Å². The van der Waals surface area contributed by atoms with Crippen LogP contribution in [0.5, 0.6) is 5.75 Å². The Balaban J connectivity index is 1.57. The van der Waals surface area contributed by atoms with E-state index in [1.54, 1.807) is 0 Å². The van der Waals surface area contributed by atoms with E-state index in [-0.39, 0.29) is 60.2 Å². The zero-order valence-electron chi connectivity index (χ0n) is 24.9. The van der Waals surface area contributed by atoms with Gasteiger partial charge in [0.1, 0.15) is 12.3 Å². The summed E-state index contributed by atoms with van der Waals surface area (Å²) in [6.07, 6.45) is -4.38. The Morgan fingerprint density at radius 3 is 2.56 bits per heavy atom. The molecular weight excluding hydrogens is 623 g/mol. The van der Waals surface area contributed by atoms with Crippen LogP contribution in [0.15, 0.2) is 47.4 Å². The van der Waals surface area contributed by atoms with Crippen molar-refractivity contribution in [1.29, 1.82) is 0 Å². The number of nitrogens with zero attached hydrogens (tertiary/aromatic N) is 2. The lowest BCUT2D eigenvalue weighted by Gasteiger charge is -2.39. The molecule has 3 aromatic rings. The monoisotopic (exact) mass is 658 g/mol. The van der Waals surface area contributed by atoms with Crippen LogP contribution in [0.4, 0.5) is 33.3 Å². The molecule has 2 atom stereocenters. The number of aliphatic hydroxyl groups excluding tert-OH is 1. The standard InChI is InChI=1S/C30H35F5N4O5S/c1-43-17-21(40)16-38-13-11-28(29(31,32)18-38)37-24-7-4-8-26-23(24)14-20(39(26)19-30(33,34)35)6-5-12-36-25-10-9-22(45(3,41)42)15-27(25)44-2/h4,7-10,14-15,21,28,36-37,40H,11-13,16-19H2,1-3H3. The summed E-state index contributed by atoms with van der Waals surface area (Å²) < 4.78 is 106. The predicted molar refractivity (Wildman–Crippen MR) is 161 cm³/mol. The first-order valence-electron chi connectivity index (χ1n) is 13.9. The number of fused-ring (bicyclic) bond motifs is 1. The van der Waals surface area contributed by atoms with Crippen LogP contribution in [0.3, 0.4) is 0 Å². The quantitative estimate of drug-likeness (QED) is 0.208. The van der Waals surface area contributed by atoms with Crippen LogP contribution in [0.2, 0.25) is 0 Å². The Bertz CT molecular complexity index is 1670. The molecule has 2 aromatic carbocycles. The predicted octanol–water partition coefficient (Wildman–Crippen LogP) is 4.21. The highest BCUT2D eigenvalue weighted by Crippen LogP contribution is 2.35. The van der Waals surface area contributed by atoms with E-state index in [2.05, 4.69) is 22.5 Å². The Kier molecular flexibility index (Phi) is 10.5. The molecule has 0 bridgehead atoms. The number of aromatic nitrogens is 1. The maximum Gasteiger partial charge on any atom is 0.406 e. The number of nitrogens with one attached hydrogen (secondary N) is 2. The van der Waals surface area contributed by atoms with Crippen LogP contribution in [0.25, 0.3) is 10.9 Å². The number of halogens is 5. The van der Waals surface area contributed by atoms with Crippen LogP contribution >= 0.6 is 0 Å². The molecule has 1 aliphatic rings. The number of methoxy groups -OCH3 is 2. The largest absolute Gasteiger partial charge is 0.495 e. The fourth-order valence-electron chi connectivity index (χ4n) is 5.26. The molecule has 3 N–H and O–H groups in total. The minimum atomic E-state index is -4.58. The van der Waals surface area contributed by atoms with E-state index in [1.165, 1.54) is 61.6 Å². The minimum Gasteiger partial charge on any atom is -0.495 e. The van der Waals surface area contributed by atoms with Crippen LogP contribution < -0.4 is 15.4 Å². The van der Waals surface area contributed by atoms with Crippen molar-refractivity contribution in [3.63, 3.8) is 0 Å². The number of likely N-dealkylation sites (tertiary alicyclic amines) is 1. The first kappa shape index (κ1) is 34.3. The highest BCUT2D eigenvalue weighted by atomic mass is 32.2. The molecule has 1 aromatic heterocycles. The van der Waals surface area contributed by atoms with Crippen LogP contribution in [-0.4, -0.2) is 100 Å². The van der Waals surface area contributed by atoms with Crippen molar-refractivity contribution in [3.8, 4) is 17.6 Å². The Morgan fingerprint density at radius 2 is 1.91 bits per heavy atom. The molecule has 0 saturated carbocycles. The summed E-state index contributed by atoms with van der Waals surface area (Å²) in [6, 6.07) is 8.90. The Morgan fingerprint density at radius 1 is 1.16 bits per heavy atom. The van der Waals surface area contributed by atoms with Crippen LogP contribution in [0.1, 0.15) is 12.1 Å². The average molecular weight is 659 g/mol. The van der Waals surface area contributed by atoms with Gasteiger partial charge in [0.15, 0.2) is 9.84 Å². The van der Waals surface area contributed by atoms with Gasteiger partial charge in [-0.1, -0.05) is 12.0 Å². The highest BCUT2D eigenvalue weighted by molar-refractivity contribution is 7.90. The third-order valence-corrected chi connectivity index (χ3v) is 8.41. The lowest BCUT2D eigenvalue weighted by Crippen LogP contribution is -2.56. The number of β-amino-alcohol motifs (C(OH)–C–C–N with tert-alkyl or cyclic N) is 1. The van der Waals surface area contributed by atoms with Gasteiger partial charge in [0.2, 0.25) is 0 Å². The molecule has 0 radical (unpaired) electrons. The number of alkyl halides is 5. The van der Waals surface area contributed by atoms with E-state index in [9.17, 15) is 26.7 Å². The smallest absolute Gasteiger partial charge is 0.406 e. The lowest BCUT2D eigenvalue weighted by atomic mass is 9.99. The minimum absolute atomic E-state index is 0.0168. The molecule has 2 heterocycles. The van der Waals surface area contributed by atoms with Crippen molar-refractivity contribution < 1.29 is 45.0 Å². The SMILES string of the molecule is COCC(O)CN1CCC(Nc2cccc3c2cc(C#CCNc2ccc(S(C)(=O)=O)cc2OC)n3CC(F)(F)F)C(F)(F)C1. The number of piperidine rings is 1. The van der Waals surface area contributed by atoms with E-state index in [1.807, 2.05) is 0 Å². The zero-order chi connectivity index (χ0) is 33.0. The first-order valence-corrected chi connectivity index (χ1v) is 15.8. The molecule has 45 heavy (non-hydrogen) atoms. The van der Waals surface area contributed by atoms with Crippen LogP contribution in [-0.2, 0) is 21.1 Å². The maximum absolute atomic E-state index is 15.2. The van der Waals surface area contributed by atoms with Gasteiger partial charge >= 0.3 is 6.18 Å². The highest BCUT2D eigenvalue weighted by Gasteiger charge is 2.45. The van der Waals surface area contributed by atoms with Gasteiger partial charge < -0.3 is 29.8 Å². The third-order valence-electron chi connectivity index (χ3n) is 7.30. The van der Waals surface area contributed by atoms with Crippen molar-refractivity contribution in [3.05, 3.63) is 48.2 Å². The molecule has 0 aliphatic carbocycles. The third kappa shape index (κ3) is 8.78. The van der Waals surface area contributed by atoms with Gasteiger partial charge in [-0.05, 0) is 42.7 Å². The first-order chi connectivity index (χ1) is 21.1. The summed E-state index contributed by atoms with van der Waals surface area (Å²) >= 11 is 0.